The van der Waals surface area contributed by atoms with Gasteiger partial charge in [0.2, 0.25) is 0 Å². The molecule has 0 aliphatic rings. The van der Waals surface area contributed by atoms with Crippen molar-refractivity contribution >= 4 is 0 Å². The molecule has 0 aliphatic heterocycles. The maximum atomic E-state index is 5.67. The largest absolute Gasteiger partial charge is 0.493 e. The van der Waals surface area contributed by atoms with Crippen LogP contribution in [0.25, 0.3) is 0 Å². The SMILES string of the molecule is CCc1ccc(OCC(C)(C)C)cc1. The van der Waals surface area contributed by atoms with Crippen molar-refractivity contribution in [3.8, 4) is 5.75 Å². The summed E-state index contributed by atoms with van der Waals surface area (Å²) in [7, 11) is 0. The average molecular weight is 192 g/mol. The van der Waals surface area contributed by atoms with E-state index in [1.807, 2.05) is 12.1 Å². The van der Waals surface area contributed by atoms with Gasteiger partial charge < -0.3 is 4.74 Å². The second kappa shape index (κ2) is 4.50. The van der Waals surface area contributed by atoms with Crippen LogP contribution in [0.4, 0.5) is 0 Å². The molecule has 0 bridgehead atoms. The van der Waals surface area contributed by atoms with Crippen LogP contribution >= 0.6 is 0 Å². The zero-order valence-corrected chi connectivity index (χ0v) is 9.63. The van der Waals surface area contributed by atoms with E-state index in [0.29, 0.717) is 0 Å². The van der Waals surface area contributed by atoms with Gasteiger partial charge in [-0.3, -0.25) is 0 Å². The number of benzene rings is 1. The summed E-state index contributed by atoms with van der Waals surface area (Å²) in [5, 5.41) is 0. The van der Waals surface area contributed by atoms with E-state index in [1.165, 1.54) is 5.56 Å². The fraction of sp³-hybridized carbons (Fsp3) is 0.538. The highest BCUT2D eigenvalue weighted by Crippen LogP contribution is 2.18. The second-order valence-electron chi connectivity index (χ2n) is 4.85. The molecule has 14 heavy (non-hydrogen) atoms. The molecule has 1 aromatic carbocycles. The summed E-state index contributed by atoms with van der Waals surface area (Å²) in [4.78, 5) is 0. The van der Waals surface area contributed by atoms with Crippen molar-refractivity contribution in [3.05, 3.63) is 29.8 Å². The molecule has 1 rings (SSSR count). The lowest BCUT2D eigenvalue weighted by Gasteiger charge is -2.18. The molecule has 78 valence electrons. The third-order valence-corrected chi connectivity index (χ3v) is 2.00. The summed E-state index contributed by atoms with van der Waals surface area (Å²) >= 11 is 0. The van der Waals surface area contributed by atoms with Gasteiger partial charge >= 0.3 is 0 Å². The van der Waals surface area contributed by atoms with Gasteiger partial charge in [0.05, 0.1) is 6.61 Å². The highest BCUT2D eigenvalue weighted by Gasteiger charge is 2.10. The highest BCUT2D eigenvalue weighted by atomic mass is 16.5. The van der Waals surface area contributed by atoms with Crippen LogP contribution in [-0.2, 0) is 6.42 Å². The van der Waals surface area contributed by atoms with E-state index < -0.39 is 0 Å². The first-order chi connectivity index (χ1) is 6.51. The van der Waals surface area contributed by atoms with Crippen molar-refractivity contribution in [1.82, 2.24) is 0 Å². The molecule has 0 fully saturated rings. The van der Waals surface area contributed by atoms with E-state index in [4.69, 9.17) is 4.74 Å². The Bertz CT molecular complexity index is 266. The minimum Gasteiger partial charge on any atom is -0.493 e. The number of rotatable bonds is 3. The van der Waals surface area contributed by atoms with Gasteiger partial charge in [0.1, 0.15) is 5.75 Å². The predicted molar refractivity (Wildman–Crippen MR) is 60.8 cm³/mol. The van der Waals surface area contributed by atoms with Gasteiger partial charge in [-0.15, -0.1) is 0 Å². The van der Waals surface area contributed by atoms with Crippen LogP contribution in [0, 0.1) is 5.41 Å². The van der Waals surface area contributed by atoms with Crippen LogP contribution < -0.4 is 4.74 Å². The summed E-state index contributed by atoms with van der Waals surface area (Å²) in [5.41, 5.74) is 1.58. The molecular weight excluding hydrogens is 172 g/mol. The van der Waals surface area contributed by atoms with Crippen molar-refractivity contribution < 1.29 is 4.74 Å². The lowest BCUT2D eigenvalue weighted by Crippen LogP contribution is -2.16. The normalized spacial score (nSPS) is 11.4. The van der Waals surface area contributed by atoms with E-state index in [-0.39, 0.29) is 5.41 Å². The first kappa shape index (κ1) is 11.1. The molecule has 0 aliphatic carbocycles. The quantitative estimate of drug-likeness (QED) is 0.710. The zero-order chi connectivity index (χ0) is 10.6. The molecule has 0 heterocycles. The van der Waals surface area contributed by atoms with Crippen LogP contribution in [0.15, 0.2) is 24.3 Å². The summed E-state index contributed by atoms with van der Waals surface area (Å²) in [6.07, 6.45) is 1.08. The predicted octanol–water partition coefficient (Wildman–Crippen LogP) is 3.67. The lowest BCUT2D eigenvalue weighted by molar-refractivity contribution is 0.198. The summed E-state index contributed by atoms with van der Waals surface area (Å²) in [6, 6.07) is 8.34. The summed E-state index contributed by atoms with van der Waals surface area (Å²) in [5.74, 6) is 0.970. The van der Waals surface area contributed by atoms with Gasteiger partial charge in [0.15, 0.2) is 0 Å². The van der Waals surface area contributed by atoms with E-state index in [2.05, 4.69) is 39.8 Å². The first-order valence-electron chi connectivity index (χ1n) is 5.23. The lowest BCUT2D eigenvalue weighted by atomic mass is 9.99. The third kappa shape index (κ3) is 3.82. The molecule has 0 aromatic heterocycles. The highest BCUT2D eigenvalue weighted by molar-refractivity contribution is 5.27. The van der Waals surface area contributed by atoms with Crippen molar-refractivity contribution in [3.63, 3.8) is 0 Å². The topological polar surface area (TPSA) is 9.23 Å². The Morgan fingerprint density at radius 1 is 1.07 bits per heavy atom. The van der Waals surface area contributed by atoms with Crippen LogP contribution in [0.5, 0.6) is 5.75 Å². The molecule has 0 atom stereocenters. The number of hydrogen-bond donors (Lipinski definition) is 0. The monoisotopic (exact) mass is 192 g/mol. The number of ether oxygens (including phenoxy) is 1. The average Bonchev–Trinajstić information content (AvgIpc) is 2.14. The Kier molecular flexibility index (Phi) is 3.56. The minimum atomic E-state index is 0.226. The van der Waals surface area contributed by atoms with Crippen LogP contribution in [-0.4, -0.2) is 6.61 Å². The number of hydrogen-bond acceptors (Lipinski definition) is 1. The first-order valence-corrected chi connectivity index (χ1v) is 5.23. The molecule has 0 N–H and O–H groups in total. The molecule has 0 saturated heterocycles. The van der Waals surface area contributed by atoms with Gasteiger partial charge in [-0.2, -0.15) is 0 Å². The Labute approximate surface area is 87.1 Å². The smallest absolute Gasteiger partial charge is 0.119 e. The Morgan fingerprint density at radius 3 is 2.07 bits per heavy atom. The molecule has 0 unspecified atom stereocenters. The maximum Gasteiger partial charge on any atom is 0.119 e. The van der Waals surface area contributed by atoms with Gasteiger partial charge in [-0.25, -0.2) is 0 Å². The van der Waals surface area contributed by atoms with Gasteiger partial charge in [0.25, 0.3) is 0 Å². The minimum absolute atomic E-state index is 0.226. The van der Waals surface area contributed by atoms with Crippen molar-refractivity contribution in [2.24, 2.45) is 5.41 Å². The van der Waals surface area contributed by atoms with Crippen molar-refractivity contribution in [2.45, 2.75) is 34.1 Å². The molecule has 0 amide bonds. The molecule has 0 radical (unpaired) electrons. The van der Waals surface area contributed by atoms with Crippen LogP contribution in [0.2, 0.25) is 0 Å². The van der Waals surface area contributed by atoms with Crippen molar-refractivity contribution in [1.29, 1.82) is 0 Å². The van der Waals surface area contributed by atoms with Crippen LogP contribution in [0.1, 0.15) is 33.3 Å². The summed E-state index contributed by atoms with van der Waals surface area (Å²) in [6.45, 7) is 9.44. The third-order valence-electron chi connectivity index (χ3n) is 2.00. The van der Waals surface area contributed by atoms with E-state index >= 15 is 0 Å². The van der Waals surface area contributed by atoms with E-state index in [1.54, 1.807) is 0 Å². The van der Waals surface area contributed by atoms with Gasteiger partial charge in [0, 0.05) is 0 Å². The Hall–Kier alpha value is -0.980. The van der Waals surface area contributed by atoms with Crippen molar-refractivity contribution in [2.75, 3.05) is 6.61 Å². The second-order valence-corrected chi connectivity index (χ2v) is 4.85. The number of aryl methyl sites for hydroxylation is 1. The fourth-order valence-electron chi connectivity index (χ4n) is 1.12. The van der Waals surface area contributed by atoms with Gasteiger partial charge in [-0.05, 0) is 29.5 Å². The summed E-state index contributed by atoms with van der Waals surface area (Å²) < 4.78 is 5.67. The fourth-order valence-corrected chi connectivity index (χ4v) is 1.12. The van der Waals surface area contributed by atoms with Gasteiger partial charge in [-0.1, -0.05) is 39.8 Å². The van der Waals surface area contributed by atoms with E-state index in [9.17, 15) is 0 Å². The standard InChI is InChI=1S/C13H20O/c1-5-11-6-8-12(9-7-11)14-10-13(2,3)4/h6-9H,5,10H2,1-4H3. The molecule has 1 nitrogen and oxygen atoms in total. The molecular formula is C13H20O. The molecule has 1 heteroatoms. The molecule has 0 saturated carbocycles. The van der Waals surface area contributed by atoms with Crippen LogP contribution in [0.3, 0.4) is 0 Å². The Balaban J connectivity index is 2.52. The maximum absolute atomic E-state index is 5.67. The molecule has 1 aromatic rings. The zero-order valence-electron chi connectivity index (χ0n) is 9.63. The van der Waals surface area contributed by atoms with E-state index in [0.717, 1.165) is 18.8 Å². The Morgan fingerprint density at radius 2 is 1.64 bits per heavy atom. The molecule has 0 spiro atoms.